The van der Waals surface area contributed by atoms with E-state index >= 15 is 0 Å². The van der Waals surface area contributed by atoms with Gasteiger partial charge >= 0.3 is 11.6 Å². The van der Waals surface area contributed by atoms with Crippen LogP contribution in [0.15, 0.2) is 45.6 Å². The SMILES string of the molecule is Cc1ccc(C(C)C)c(OCC(=O)Oc2ccc3c(C)cc(=O)oc3c2C)c1. The molecule has 0 aliphatic heterocycles. The lowest BCUT2D eigenvalue weighted by Crippen LogP contribution is -2.19. The highest BCUT2D eigenvalue weighted by Gasteiger charge is 2.15. The van der Waals surface area contributed by atoms with Gasteiger partial charge in [-0.25, -0.2) is 9.59 Å². The van der Waals surface area contributed by atoms with Crippen molar-refractivity contribution in [2.45, 2.75) is 40.5 Å². The van der Waals surface area contributed by atoms with Crippen molar-refractivity contribution in [1.82, 2.24) is 0 Å². The maximum absolute atomic E-state index is 12.3. The van der Waals surface area contributed by atoms with E-state index in [1.807, 2.05) is 32.0 Å². The van der Waals surface area contributed by atoms with Crippen molar-refractivity contribution in [1.29, 1.82) is 0 Å². The lowest BCUT2D eigenvalue weighted by Gasteiger charge is -2.15. The normalized spacial score (nSPS) is 11.1. The van der Waals surface area contributed by atoms with Crippen LogP contribution in [0.5, 0.6) is 11.5 Å². The van der Waals surface area contributed by atoms with E-state index in [1.54, 1.807) is 19.1 Å². The van der Waals surface area contributed by atoms with E-state index in [9.17, 15) is 9.59 Å². The maximum atomic E-state index is 12.3. The molecule has 0 N–H and O–H groups in total. The van der Waals surface area contributed by atoms with Gasteiger partial charge in [0.25, 0.3) is 0 Å². The first kappa shape index (κ1) is 19.7. The third kappa shape index (κ3) is 4.09. The molecule has 28 heavy (non-hydrogen) atoms. The molecule has 0 unspecified atom stereocenters. The average molecular weight is 380 g/mol. The van der Waals surface area contributed by atoms with Gasteiger partial charge in [-0.2, -0.15) is 0 Å². The van der Waals surface area contributed by atoms with Crippen molar-refractivity contribution >= 4 is 16.9 Å². The second-order valence-corrected chi connectivity index (χ2v) is 7.27. The average Bonchev–Trinajstić information content (AvgIpc) is 2.62. The lowest BCUT2D eigenvalue weighted by atomic mass is 10.0. The van der Waals surface area contributed by atoms with Crippen LogP contribution in [-0.4, -0.2) is 12.6 Å². The third-order valence-electron chi connectivity index (χ3n) is 4.68. The van der Waals surface area contributed by atoms with Crippen LogP contribution in [0, 0.1) is 20.8 Å². The Hall–Kier alpha value is -3.08. The van der Waals surface area contributed by atoms with Gasteiger partial charge in [-0.15, -0.1) is 0 Å². The van der Waals surface area contributed by atoms with E-state index in [0.29, 0.717) is 22.6 Å². The van der Waals surface area contributed by atoms with Crippen LogP contribution in [0.25, 0.3) is 11.0 Å². The first-order chi connectivity index (χ1) is 13.3. The minimum absolute atomic E-state index is 0.210. The lowest BCUT2D eigenvalue weighted by molar-refractivity contribution is -0.136. The molecule has 1 heterocycles. The Labute approximate surface area is 163 Å². The Morgan fingerprint density at radius 2 is 1.79 bits per heavy atom. The highest BCUT2D eigenvalue weighted by atomic mass is 16.6. The number of aryl methyl sites for hydroxylation is 3. The summed E-state index contributed by atoms with van der Waals surface area (Å²) < 4.78 is 16.5. The number of ether oxygens (including phenoxy) is 2. The fourth-order valence-corrected chi connectivity index (χ4v) is 3.14. The monoisotopic (exact) mass is 380 g/mol. The molecule has 0 saturated heterocycles. The molecule has 0 fully saturated rings. The molecule has 0 aliphatic carbocycles. The molecular formula is C23H24O5. The molecule has 5 heteroatoms. The van der Waals surface area contributed by atoms with Crippen LogP contribution in [0.4, 0.5) is 0 Å². The third-order valence-corrected chi connectivity index (χ3v) is 4.68. The zero-order valence-electron chi connectivity index (χ0n) is 16.8. The van der Waals surface area contributed by atoms with Gasteiger partial charge < -0.3 is 13.9 Å². The van der Waals surface area contributed by atoms with Crippen LogP contribution in [-0.2, 0) is 4.79 Å². The number of esters is 1. The highest BCUT2D eigenvalue weighted by Crippen LogP contribution is 2.29. The van der Waals surface area contributed by atoms with Crippen LogP contribution >= 0.6 is 0 Å². The van der Waals surface area contributed by atoms with Crippen LogP contribution in [0.1, 0.15) is 42.0 Å². The number of fused-ring (bicyclic) bond motifs is 1. The Bertz CT molecular complexity index is 1090. The largest absolute Gasteiger partial charge is 0.482 e. The quantitative estimate of drug-likeness (QED) is 0.360. The van der Waals surface area contributed by atoms with Crippen molar-refractivity contribution in [2.24, 2.45) is 0 Å². The van der Waals surface area contributed by atoms with Crippen LogP contribution in [0.3, 0.4) is 0 Å². The van der Waals surface area contributed by atoms with Crippen LogP contribution < -0.4 is 15.1 Å². The number of hydrogen-bond donors (Lipinski definition) is 0. The fraction of sp³-hybridized carbons (Fsp3) is 0.304. The maximum Gasteiger partial charge on any atom is 0.349 e. The molecule has 5 nitrogen and oxygen atoms in total. The number of carbonyl (C=O) groups is 1. The molecule has 3 rings (SSSR count). The van der Waals surface area contributed by atoms with Crippen molar-refractivity contribution < 1.29 is 18.7 Å². The highest BCUT2D eigenvalue weighted by molar-refractivity contribution is 5.86. The van der Waals surface area contributed by atoms with E-state index < -0.39 is 11.6 Å². The summed E-state index contributed by atoms with van der Waals surface area (Å²) in [7, 11) is 0. The fourth-order valence-electron chi connectivity index (χ4n) is 3.14. The molecule has 1 aromatic heterocycles. The number of benzene rings is 2. The molecule has 0 amide bonds. The Morgan fingerprint density at radius 1 is 1.04 bits per heavy atom. The molecule has 0 bridgehead atoms. The summed E-state index contributed by atoms with van der Waals surface area (Å²) in [6.07, 6.45) is 0. The second-order valence-electron chi connectivity index (χ2n) is 7.27. The standard InChI is InChI=1S/C23H24O5/c1-13(2)17-7-6-14(3)10-20(17)26-12-22(25)27-19-9-8-18-15(4)11-21(24)28-23(18)16(19)5/h6-11,13H,12H2,1-5H3. The van der Waals surface area contributed by atoms with Gasteiger partial charge in [0.15, 0.2) is 6.61 Å². The summed E-state index contributed by atoms with van der Waals surface area (Å²) >= 11 is 0. The summed E-state index contributed by atoms with van der Waals surface area (Å²) in [6, 6.07) is 10.9. The van der Waals surface area contributed by atoms with Gasteiger partial charge in [0.05, 0.1) is 0 Å². The second kappa shape index (κ2) is 7.89. The molecule has 0 atom stereocenters. The number of carbonyl (C=O) groups excluding carboxylic acids is 1. The molecule has 0 spiro atoms. The van der Waals surface area contributed by atoms with Crippen molar-refractivity contribution in [3.05, 3.63) is 69.1 Å². The molecule has 146 valence electrons. The van der Waals surface area contributed by atoms with Gasteiger partial charge in [-0.05, 0) is 61.6 Å². The van der Waals surface area contributed by atoms with Gasteiger partial charge in [-0.3, -0.25) is 0 Å². The molecule has 0 saturated carbocycles. The van der Waals surface area contributed by atoms with E-state index in [4.69, 9.17) is 13.9 Å². The molecular weight excluding hydrogens is 356 g/mol. The topological polar surface area (TPSA) is 65.7 Å². The molecule has 2 aromatic carbocycles. The predicted molar refractivity (Wildman–Crippen MR) is 108 cm³/mol. The van der Waals surface area contributed by atoms with Crippen LogP contribution in [0.2, 0.25) is 0 Å². The summed E-state index contributed by atoms with van der Waals surface area (Å²) in [6.45, 7) is 9.51. The Morgan fingerprint density at radius 3 is 2.50 bits per heavy atom. The van der Waals surface area contributed by atoms with Gasteiger partial charge in [0.1, 0.15) is 17.1 Å². The van der Waals surface area contributed by atoms with E-state index in [2.05, 4.69) is 13.8 Å². The number of rotatable bonds is 5. The van der Waals surface area contributed by atoms with Gasteiger partial charge in [-0.1, -0.05) is 26.0 Å². The Balaban J connectivity index is 1.78. The van der Waals surface area contributed by atoms with Gasteiger partial charge in [0.2, 0.25) is 0 Å². The van der Waals surface area contributed by atoms with E-state index in [-0.39, 0.29) is 12.5 Å². The molecule has 0 radical (unpaired) electrons. The predicted octanol–water partition coefficient (Wildman–Crippen LogP) is 4.83. The molecule has 3 aromatic rings. The minimum Gasteiger partial charge on any atom is -0.482 e. The van der Waals surface area contributed by atoms with E-state index in [0.717, 1.165) is 22.1 Å². The first-order valence-electron chi connectivity index (χ1n) is 9.24. The van der Waals surface area contributed by atoms with Gasteiger partial charge in [0, 0.05) is 17.0 Å². The molecule has 0 aliphatic rings. The minimum atomic E-state index is -0.520. The summed E-state index contributed by atoms with van der Waals surface area (Å²) in [5, 5.41) is 0.814. The first-order valence-corrected chi connectivity index (χ1v) is 9.24. The van der Waals surface area contributed by atoms with Crippen molar-refractivity contribution in [3.63, 3.8) is 0 Å². The number of hydrogen-bond acceptors (Lipinski definition) is 5. The smallest absolute Gasteiger partial charge is 0.349 e. The summed E-state index contributed by atoms with van der Waals surface area (Å²) in [5.41, 5.74) is 3.51. The van der Waals surface area contributed by atoms with Crippen molar-refractivity contribution in [3.8, 4) is 11.5 Å². The van der Waals surface area contributed by atoms with Crippen molar-refractivity contribution in [2.75, 3.05) is 6.61 Å². The van der Waals surface area contributed by atoms with E-state index in [1.165, 1.54) is 6.07 Å². The summed E-state index contributed by atoms with van der Waals surface area (Å²) in [5.74, 6) is 0.793. The Kier molecular flexibility index (Phi) is 5.54. The summed E-state index contributed by atoms with van der Waals surface area (Å²) in [4.78, 5) is 24.0. The zero-order valence-corrected chi connectivity index (χ0v) is 16.8. The zero-order chi connectivity index (χ0) is 20.4.